The average molecular weight is 435 g/mol. The summed E-state index contributed by atoms with van der Waals surface area (Å²) in [4.78, 5) is 29.7. The molecule has 3 aromatic rings. The van der Waals surface area contributed by atoms with Gasteiger partial charge in [-0.05, 0) is 35.9 Å². The van der Waals surface area contributed by atoms with Gasteiger partial charge in [0.1, 0.15) is 0 Å². The van der Waals surface area contributed by atoms with Crippen molar-refractivity contribution in [2.45, 2.75) is 13.5 Å². The second-order valence-corrected chi connectivity index (χ2v) is 7.46. The van der Waals surface area contributed by atoms with Crippen LogP contribution in [0.2, 0.25) is 0 Å². The van der Waals surface area contributed by atoms with E-state index in [0.717, 1.165) is 5.57 Å². The summed E-state index contributed by atoms with van der Waals surface area (Å²) in [6.45, 7) is 3.58. The van der Waals surface area contributed by atoms with Crippen LogP contribution in [0.3, 0.4) is 0 Å². The number of carboxylic acids is 1. The van der Waals surface area contributed by atoms with Gasteiger partial charge in [0.2, 0.25) is 5.75 Å². The van der Waals surface area contributed by atoms with Crippen LogP contribution in [0.1, 0.15) is 34.1 Å². The van der Waals surface area contributed by atoms with E-state index < -0.39 is 22.3 Å². The van der Waals surface area contributed by atoms with Crippen molar-refractivity contribution in [2.75, 3.05) is 20.2 Å². The number of methoxy groups -OCH3 is 1. The minimum absolute atomic E-state index is 0.0212. The van der Waals surface area contributed by atoms with Gasteiger partial charge in [0.15, 0.2) is 5.75 Å². The number of aromatic hydroxyl groups is 1. The number of rotatable bonds is 5. The predicted octanol–water partition coefficient (Wildman–Crippen LogP) is 3.93. The number of nitro benzene ring substituents is 1. The fraction of sp³-hybridized carbons (Fsp3) is 0.217. The van der Waals surface area contributed by atoms with Crippen molar-refractivity contribution in [3.05, 3.63) is 68.9 Å². The molecule has 0 spiro atoms. The maximum atomic E-state index is 12.2. The van der Waals surface area contributed by atoms with Gasteiger partial charge in [0.25, 0.3) is 0 Å². The molecule has 1 aromatic heterocycles. The summed E-state index contributed by atoms with van der Waals surface area (Å²) in [6, 6.07) is 9.84. The second kappa shape index (κ2) is 8.27. The van der Waals surface area contributed by atoms with E-state index in [0.29, 0.717) is 47.4 Å². The van der Waals surface area contributed by atoms with E-state index in [1.807, 2.05) is 6.92 Å². The van der Waals surface area contributed by atoms with E-state index >= 15 is 0 Å². The van der Waals surface area contributed by atoms with Crippen molar-refractivity contribution in [2.24, 2.45) is 0 Å². The third-order valence-electron chi connectivity index (χ3n) is 5.57. The molecular weight excluding hydrogens is 414 g/mol. The van der Waals surface area contributed by atoms with Crippen molar-refractivity contribution in [1.29, 1.82) is 0 Å². The zero-order chi connectivity index (χ0) is 23.0. The molecule has 0 bridgehead atoms. The Balaban J connectivity index is 1.98. The van der Waals surface area contributed by atoms with Gasteiger partial charge in [-0.1, -0.05) is 25.1 Å². The highest BCUT2D eigenvalue weighted by molar-refractivity contribution is 6.06. The number of fused-ring (bicyclic) bond motifs is 2. The van der Waals surface area contributed by atoms with Gasteiger partial charge in [-0.2, -0.15) is 0 Å². The molecule has 9 nitrogen and oxygen atoms in total. The largest absolute Gasteiger partial charge is 0.500 e. The Labute approximate surface area is 183 Å². The number of phenols is 1. The molecule has 0 unspecified atom stereocenters. The van der Waals surface area contributed by atoms with Gasteiger partial charge in [0, 0.05) is 30.1 Å². The summed E-state index contributed by atoms with van der Waals surface area (Å²) in [5.41, 5.74) is 2.63. The highest BCUT2D eigenvalue weighted by atomic mass is 16.6. The quantitative estimate of drug-likeness (QED) is 0.456. The Kier molecular flexibility index (Phi) is 5.50. The number of carboxylic acid groups (broad SMARTS) is 1. The number of hydrogen-bond donors (Lipinski definition) is 2. The number of nitro groups is 1. The minimum atomic E-state index is -1.03. The fourth-order valence-electron chi connectivity index (χ4n) is 4.04. The summed E-state index contributed by atoms with van der Waals surface area (Å²) in [7, 11) is 1.32. The number of benzene rings is 2. The lowest BCUT2D eigenvalue weighted by atomic mass is 9.92. The van der Waals surface area contributed by atoms with Crippen LogP contribution < -0.4 is 4.74 Å². The van der Waals surface area contributed by atoms with Crippen LogP contribution in [-0.4, -0.2) is 51.2 Å². The molecule has 0 amide bonds. The van der Waals surface area contributed by atoms with Crippen molar-refractivity contribution < 1.29 is 24.7 Å². The molecule has 0 saturated carbocycles. The molecule has 9 heteroatoms. The summed E-state index contributed by atoms with van der Waals surface area (Å²) < 4.78 is 5.10. The Morgan fingerprint density at radius 2 is 2.06 bits per heavy atom. The number of hydrogen-bond acceptors (Lipinski definition) is 7. The molecule has 2 heterocycles. The number of aromatic carboxylic acids is 1. The Morgan fingerprint density at radius 3 is 2.72 bits per heavy atom. The number of carbonyl (C=O) groups is 1. The summed E-state index contributed by atoms with van der Waals surface area (Å²) in [5.74, 6) is -1.60. The molecule has 2 N–H and O–H groups in total. The van der Waals surface area contributed by atoms with Crippen LogP contribution in [0.25, 0.3) is 22.6 Å². The zero-order valence-electron chi connectivity index (χ0n) is 17.5. The SMILES string of the molecule is CCN1C/C(=C\c2cc(OC)c(O)c([N+](=O)[O-])c2)c2nc3ccccc3c(C(=O)O)c2C1. The first kappa shape index (κ1) is 21.3. The van der Waals surface area contributed by atoms with Crippen molar-refractivity contribution in [3.8, 4) is 11.5 Å². The Bertz CT molecular complexity index is 1280. The van der Waals surface area contributed by atoms with Crippen LogP contribution in [-0.2, 0) is 6.54 Å². The monoisotopic (exact) mass is 435 g/mol. The predicted molar refractivity (Wildman–Crippen MR) is 119 cm³/mol. The van der Waals surface area contributed by atoms with Crippen molar-refractivity contribution in [3.63, 3.8) is 0 Å². The van der Waals surface area contributed by atoms with Gasteiger partial charge >= 0.3 is 11.7 Å². The van der Waals surface area contributed by atoms with Crippen LogP contribution in [0.15, 0.2) is 36.4 Å². The normalized spacial score (nSPS) is 15.0. The number of phenolic OH excluding ortho intramolecular Hbond substituents is 1. The highest BCUT2D eigenvalue weighted by Crippen LogP contribution is 2.39. The van der Waals surface area contributed by atoms with E-state index in [1.54, 1.807) is 30.3 Å². The number of likely N-dealkylation sites (N-methyl/N-ethyl adjacent to an activating group) is 1. The molecule has 32 heavy (non-hydrogen) atoms. The van der Waals surface area contributed by atoms with Crippen LogP contribution in [0, 0.1) is 10.1 Å². The van der Waals surface area contributed by atoms with Gasteiger partial charge in [0.05, 0.1) is 28.8 Å². The summed E-state index contributed by atoms with van der Waals surface area (Å²) >= 11 is 0. The number of ether oxygens (including phenoxy) is 1. The van der Waals surface area contributed by atoms with E-state index in [2.05, 4.69) is 4.90 Å². The molecule has 0 aliphatic carbocycles. The molecule has 1 aliphatic rings. The van der Waals surface area contributed by atoms with Crippen LogP contribution in [0.4, 0.5) is 5.69 Å². The first-order valence-corrected chi connectivity index (χ1v) is 9.97. The van der Waals surface area contributed by atoms with E-state index in [-0.39, 0.29) is 11.3 Å². The van der Waals surface area contributed by atoms with Crippen molar-refractivity contribution >= 4 is 34.2 Å². The third kappa shape index (κ3) is 3.63. The Hall–Kier alpha value is -3.98. The molecule has 0 saturated heterocycles. The lowest BCUT2D eigenvalue weighted by molar-refractivity contribution is -0.386. The molecule has 2 aromatic carbocycles. The first-order chi connectivity index (χ1) is 15.3. The lowest BCUT2D eigenvalue weighted by Gasteiger charge is -2.30. The van der Waals surface area contributed by atoms with Gasteiger partial charge < -0.3 is 14.9 Å². The lowest BCUT2D eigenvalue weighted by Crippen LogP contribution is -2.31. The molecular formula is C23H21N3O6. The number of aromatic nitrogens is 1. The van der Waals surface area contributed by atoms with Crippen LogP contribution in [0.5, 0.6) is 11.5 Å². The second-order valence-electron chi connectivity index (χ2n) is 7.46. The molecule has 4 rings (SSSR count). The van der Waals surface area contributed by atoms with Crippen LogP contribution >= 0.6 is 0 Å². The minimum Gasteiger partial charge on any atom is -0.500 e. The van der Waals surface area contributed by atoms with E-state index in [1.165, 1.54) is 19.2 Å². The van der Waals surface area contributed by atoms with Gasteiger partial charge in [-0.15, -0.1) is 0 Å². The Morgan fingerprint density at radius 1 is 1.31 bits per heavy atom. The number of nitrogens with zero attached hydrogens (tertiary/aromatic N) is 3. The molecule has 0 atom stereocenters. The zero-order valence-corrected chi connectivity index (χ0v) is 17.5. The smallest absolute Gasteiger partial charge is 0.336 e. The van der Waals surface area contributed by atoms with E-state index in [9.17, 15) is 25.1 Å². The first-order valence-electron chi connectivity index (χ1n) is 9.97. The average Bonchev–Trinajstić information content (AvgIpc) is 2.77. The number of pyridine rings is 1. The molecule has 164 valence electrons. The molecule has 1 aliphatic heterocycles. The highest BCUT2D eigenvalue weighted by Gasteiger charge is 2.28. The standard InChI is InChI=1S/C23H21N3O6/c1-3-25-11-14(8-13-9-18(26(30)31)22(27)19(10-13)32-2)21-16(12-25)20(23(28)29)15-6-4-5-7-17(15)24-21/h4-10,27H,3,11-12H2,1-2H3,(H,28,29)/b14-8+. The van der Waals surface area contributed by atoms with Crippen molar-refractivity contribution in [1.82, 2.24) is 9.88 Å². The van der Waals surface area contributed by atoms with E-state index in [4.69, 9.17) is 9.72 Å². The summed E-state index contributed by atoms with van der Waals surface area (Å²) in [5, 5.41) is 32.0. The topological polar surface area (TPSA) is 126 Å². The maximum absolute atomic E-state index is 12.2. The fourth-order valence-corrected chi connectivity index (χ4v) is 4.04. The third-order valence-corrected chi connectivity index (χ3v) is 5.57. The maximum Gasteiger partial charge on any atom is 0.336 e. The molecule has 0 fully saturated rings. The van der Waals surface area contributed by atoms with Gasteiger partial charge in [-0.3, -0.25) is 15.0 Å². The summed E-state index contributed by atoms with van der Waals surface area (Å²) in [6.07, 6.45) is 1.73. The van der Waals surface area contributed by atoms with Gasteiger partial charge in [-0.25, -0.2) is 9.78 Å². The number of para-hydroxylation sites is 1. The molecule has 0 radical (unpaired) electrons.